The predicted octanol–water partition coefficient (Wildman–Crippen LogP) is 1.89. The second-order valence-electron chi connectivity index (χ2n) is 4.50. The van der Waals surface area contributed by atoms with E-state index in [1.807, 2.05) is 0 Å². The van der Waals surface area contributed by atoms with Crippen LogP contribution in [0.5, 0.6) is 0 Å². The molecule has 4 nitrogen and oxygen atoms in total. The molecular formula is C12H21NO3. The van der Waals surface area contributed by atoms with Crippen molar-refractivity contribution in [2.75, 3.05) is 6.54 Å². The molecule has 0 aromatic rings. The summed E-state index contributed by atoms with van der Waals surface area (Å²) in [5.74, 6) is -2.16. The van der Waals surface area contributed by atoms with Gasteiger partial charge in [-0.15, -0.1) is 0 Å². The Bertz CT molecular complexity index is 265. The standard InChI is InChI=1S/C12H21NO3/c1-3-10-7-5-4-6-8-13(10)11(14)9(2)12(15)16/h9-10H,3-8H2,1-2H3,(H,15,16). The molecule has 1 aliphatic rings. The monoisotopic (exact) mass is 227 g/mol. The van der Waals surface area contributed by atoms with E-state index in [1.54, 1.807) is 4.90 Å². The van der Waals surface area contributed by atoms with Gasteiger partial charge in [-0.25, -0.2) is 0 Å². The molecule has 1 N–H and O–H groups in total. The number of amides is 1. The molecule has 0 aromatic carbocycles. The first-order valence-corrected chi connectivity index (χ1v) is 6.11. The second-order valence-corrected chi connectivity index (χ2v) is 4.50. The summed E-state index contributed by atoms with van der Waals surface area (Å²) >= 11 is 0. The molecule has 1 heterocycles. The van der Waals surface area contributed by atoms with Gasteiger partial charge in [-0.3, -0.25) is 9.59 Å². The van der Waals surface area contributed by atoms with Gasteiger partial charge in [0.05, 0.1) is 0 Å². The van der Waals surface area contributed by atoms with E-state index in [0.717, 1.165) is 38.6 Å². The van der Waals surface area contributed by atoms with Crippen molar-refractivity contribution in [3.63, 3.8) is 0 Å². The number of hydrogen-bond donors (Lipinski definition) is 1. The molecule has 2 atom stereocenters. The maximum absolute atomic E-state index is 12.0. The maximum Gasteiger partial charge on any atom is 0.315 e. The molecule has 0 radical (unpaired) electrons. The van der Waals surface area contributed by atoms with Gasteiger partial charge in [0.15, 0.2) is 0 Å². The molecule has 0 spiro atoms. The molecule has 0 saturated carbocycles. The highest BCUT2D eigenvalue weighted by Gasteiger charge is 2.30. The fraction of sp³-hybridized carbons (Fsp3) is 0.833. The van der Waals surface area contributed by atoms with Crippen LogP contribution in [0.2, 0.25) is 0 Å². The van der Waals surface area contributed by atoms with Crippen LogP contribution in [0.3, 0.4) is 0 Å². The Labute approximate surface area is 96.6 Å². The van der Waals surface area contributed by atoms with Gasteiger partial charge in [-0.05, 0) is 26.2 Å². The molecule has 1 aliphatic heterocycles. The fourth-order valence-corrected chi connectivity index (χ4v) is 2.25. The molecule has 2 unspecified atom stereocenters. The smallest absolute Gasteiger partial charge is 0.315 e. The van der Waals surface area contributed by atoms with Gasteiger partial charge >= 0.3 is 5.97 Å². The summed E-state index contributed by atoms with van der Waals surface area (Å²) in [5.41, 5.74) is 0. The van der Waals surface area contributed by atoms with Crippen molar-refractivity contribution in [3.8, 4) is 0 Å². The Morgan fingerprint density at radius 3 is 2.62 bits per heavy atom. The summed E-state index contributed by atoms with van der Waals surface area (Å²) in [7, 11) is 0. The van der Waals surface area contributed by atoms with Gasteiger partial charge in [-0.1, -0.05) is 19.8 Å². The lowest BCUT2D eigenvalue weighted by Crippen LogP contribution is -2.44. The first kappa shape index (κ1) is 13.0. The number of nitrogens with zero attached hydrogens (tertiary/aromatic N) is 1. The van der Waals surface area contributed by atoms with Crippen molar-refractivity contribution in [1.82, 2.24) is 4.90 Å². The molecule has 4 heteroatoms. The van der Waals surface area contributed by atoms with E-state index < -0.39 is 11.9 Å². The van der Waals surface area contributed by atoms with Crippen LogP contribution in [0.25, 0.3) is 0 Å². The van der Waals surface area contributed by atoms with Gasteiger partial charge in [-0.2, -0.15) is 0 Å². The van der Waals surface area contributed by atoms with E-state index >= 15 is 0 Å². The van der Waals surface area contributed by atoms with Crippen molar-refractivity contribution in [2.45, 2.75) is 52.0 Å². The summed E-state index contributed by atoms with van der Waals surface area (Å²) in [6.07, 6.45) is 5.20. The highest BCUT2D eigenvalue weighted by molar-refractivity contribution is 5.96. The quantitative estimate of drug-likeness (QED) is 0.749. The predicted molar refractivity (Wildman–Crippen MR) is 61.1 cm³/mol. The zero-order chi connectivity index (χ0) is 12.1. The third-order valence-corrected chi connectivity index (χ3v) is 3.37. The topological polar surface area (TPSA) is 57.6 Å². The van der Waals surface area contributed by atoms with Crippen LogP contribution in [-0.4, -0.2) is 34.5 Å². The SMILES string of the molecule is CCC1CCCCCN1C(=O)C(C)C(=O)O. The van der Waals surface area contributed by atoms with Gasteiger partial charge < -0.3 is 10.0 Å². The molecular weight excluding hydrogens is 206 g/mol. The maximum atomic E-state index is 12.0. The molecule has 1 saturated heterocycles. The Morgan fingerprint density at radius 1 is 1.38 bits per heavy atom. The molecule has 92 valence electrons. The van der Waals surface area contributed by atoms with Gasteiger partial charge in [0.2, 0.25) is 5.91 Å². The molecule has 0 bridgehead atoms. The third kappa shape index (κ3) is 2.97. The van der Waals surface area contributed by atoms with Crippen LogP contribution in [-0.2, 0) is 9.59 Å². The molecule has 1 fully saturated rings. The van der Waals surface area contributed by atoms with E-state index in [0.29, 0.717) is 0 Å². The van der Waals surface area contributed by atoms with Crippen LogP contribution >= 0.6 is 0 Å². The number of carboxylic acid groups (broad SMARTS) is 1. The second kappa shape index (κ2) is 5.87. The molecule has 1 rings (SSSR count). The normalized spacial score (nSPS) is 23.6. The lowest BCUT2D eigenvalue weighted by molar-refractivity contribution is -0.151. The average Bonchev–Trinajstić information content (AvgIpc) is 2.51. The van der Waals surface area contributed by atoms with Crippen LogP contribution < -0.4 is 0 Å². The zero-order valence-corrected chi connectivity index (χ0v) is 10.1. The van der Waals surface area contributed by atoms with Gasteiger partial charge in [0.25, 0.3) is 0 Å². The molecule has 0 aliphatic carbocycles. The Balaban J connectivity index is 2.73. The van der Waals surface area contributed by atoms with Crippen molar-refractivity contribution in [1.29, 1.82) is 0 Å². The largest absolute Gasteiger partial charge is 0.481 e. The number of hydrogen-bond acceptors (Lipinski definition) is 2. The van der Waals surface area contributed by atoms with Crippen molar-refractivity contribution in [3.05, 3.63) is 0 Å². The highest BCUT2D eigenvalue weighted by Crippen LogP contribution is 2.21. The summed E-state index contributed by atoms with van der Waals surface area (Å²) < 4.78 is 0. The molecule has 0 aromatic heterocycles. The van der Waals surface area contributed by atoms with E-state index in [4.69, 9.17) is 5.11 Å². The number of carboxylic acids is 1. The minimum absolute atomic E-state index is 0.221. The summed E-state index contributed by atoms with van der Waals surface area (Å²) in [4.78, 5) is 24.6. The lowest BCUT2D eigenvalue weighted by Gasteiger charge is -2.30. The zero-order valence-electron chi connectivity index (χ0n) is 10.1. The van der Waals surface area contributed by atoms with E-state index in [-0.39, 0.29) is 11.9 Å². The number of carbonyl (C=O) groups is 2. The number of aliphatic carboxylic acids is 1. The first-order chi connectivity index (χ1) is 7.57. The van der Waals surface area contributed by atoms with Crippen LogP contribution in [0, 0.1) is 5.92 Å². The van der Waals surface area contributed by atoms with Crippen molar-refractivity contribution < 1.29 is 14.7 Å². The van der Waals surface area contributed by atoms with Crippen LogP contribution in [0.1, 0.15) is 46.0 Å². The molecule has 1 amide bonds. The Kier molecular flexibility index (Phi) is 4.77. The highest BCUT2D eigenvalue weighted by atomic mass is 16.4. The molecule has 16 heavy (non-hydrogen) atoms. The van der Waals surface area contributed by atoms with Crippen LogP contribution in [0.4, 0.5) is 0 Å². The van der Waals surface area contributed by atoms with Crippen LogP contribution in [0.15, 0.2) is 0 Å². The Hall–Kier alpha value is -1.06. The number of carbonyl (C=O) groups excluding carboxylic acids is 1. The minimum Gasteiger partial charge on any atom is -0.481 e. The third-order valence-electron chi connectivity index (χ3n) is 3.37. The van der Waals surface area contributed by atoms with E-state index in [2.05, 4.69) is 6.92 Å². The van der Waals surface area contributed by atoms with Crippen molar-refractivity contribution in [2.24, 2.45) is 5.92 Å². The number of likely N-dealkylation sites (tertiary alicyclic amines) is 1. The summed E-state index contributed by atoms with van der Waals surface area (Å²) in [5, 5.41) is 8.86. The first-order valence-electron chi connectivity index (χ1n) is 6.11. The number of rotatable bonds is 3. The van der Waals surface area contributed by atoms with E-state index in [9.17, 15) is 9.59 Å². The average molecular weight is 227 g/mol. The Morgan fingerprint density at radius 2 is 2.06 bits per heavy atom. The lowest BCUT2D eigenvalue weighted by atomic mass is 10.1. The van der Waals surface area contributed by atoms with E-state index in [1.165, 1.54) is 6.92 Å². The summed E-state index contributed by atoms with van der Waals surface area (Å²) in [6.45, 7) is 4.25. The summed E-state index contributed by atoms with van der Waals surface area (Å²) in [6, 6.07) is 0.233. The van der Waals surface area contributed by atoms with Gasteiger partial charge in [0, 0.05) is 12.6 Å². The van der Waals surface area contributed by atoms with Gasteiger partial charge in [0.1, 0.15) is 5.92 Å². The fourth-order valence-electron chi connectivity index (χ4n) is 2.25. The minimum atomic E-state index is -1.02. The van der Waals surface area contributed by atoms with Crippen molar-refractivity contribution >= 4 is 11.9 Å².